The summed E-state index contributed by atoms with van der Waals surface area (Å²) in [5.41, 5.74) is -1.71. The molecule has 0 saturated carbocycles. The molecule has 4 heteroatoms. The average Bonchev–Trinajstić information content (AvgIpc) is 1.84. The zero-order valence-electron chi connectivity index (χ0n) is 7.26. The van der Waals surface area contributed by atoms with Gasteiger partial charge in [0.1, 0.15) is 5.60 Å². The first-order chi connectivity index (χ1) is 4.37. The Balaban J connectivity index is 4.33. The first kappa shape index (κ1) is 10.1. The van der Waals surface area contributed by atoms with E-state index < -0.39 is 11.0 Å². The molecule has 10 heavy (non-hydrogen) atoms. The van der Waals surface area contributed by atoms with E-state index >= 15 is 0 Å². The molecular formula is C6H16O3Si. The molecule has 0 aliphatic carbocycles. The fourth-order valence-corrected chi connectivity index (χ4v) is 0.583. The Labute approximate surface area is 64.8 Å². The Kier molecular flexibility index (Phi) is 3.03. The fourth-order valence-electron chi connectivity index (χ4n) is 0.583. The average molecular weight is 164 g/mol. The highest BCUT2D eigenvalue weighted by atomic mass is 28.1. The van der Waals surface area contributed by atoms with E-state index in [2.05, 4.69) is 0 Å². The number of hydrogen-bond acceptors (Lipinski definition) is 3. The number of aliphatic hydroxyl groups is 1. The lowest BCUT2D eigenvalue weighted by Crippen LogP contribution is -2.53. The van der Waals surface area contributed by atoms with Crippen LogP contribution in [0.5, 0.6) is 0 Å². The summed E-state index contributed by atoms with van der Waals surface area (Å²) in [6, 6.07) is 0. The topological polar surface area (TPSA) is 38.7 Å². The number of ether oxygens (including phenoxy) is 2. The van der Waals surface area contributed by atoms with Crippen molar-refractivity contribution >= 4 is 10.2 Å². The maximum atomic E-state index is 9.52. The summed E-state index contributed by atoms with van der Waals surface area (Å²) < 4.78 is 10.1. The number of rotatable bonds is 3. The summed E-state index contributed by atoms with van der Waals surface area (Å²) in [6.07, 6.45) is 0. The zero-order valence-corrected chi connectivity index (χ0v) is 9.26. The molecule has 3 nitrogen and oxygen atoms in total. The minimum absolute atomic E-state index is 0.634. The third-order valence-corrected chi connectivity index (χ3v) is 3.93. The Morgan fingerprint density at radius 2 is 1.50 bits per heavy atom. The lowest BCUT2D eigenvalue weighted by Gasteiger charge is -2.37. The summed E-state index contributed by atoms with van der Waals surface area (Å²) in [5, 5.41) is 9.52. The molecule has 0 saturated heterocycles. The molecule has 0 fully saturated rings. The Bertz CT molecular complexity index is 104. The summed E-state index contributed by atoms with van der Waals surface area (Å²) in [4.78, 5) is 0. The van der Waals surface area contributed by atoms with E-state index in [-0.39, 0.29) is 0 Å². The minimum atomic E-state index is -0.928. The summed E-state index contributed by atoms with van der Waals surface area (Å²) in [6.45, 7) is 3.35. The molecule has 1 N–H and O–H groups in total. The van der Waals surface area contributed by atoms with Gasteiger partial charge in [-0.15, -0.1) is 0 Å². The van der Waals surface area contributed by atoms with E-state index in [0.29, 0.717) is 10.2 Å². The second kappa shape index (κ2) is 3.00. The van der Waals surface area contributed by atoms with Crippen molar-refractivity contribution in [2.24, 2.45) is 0 Å². The molecule has 0 rings (SSSR count). The third-order valence-electron chi connectivity index (χ3n) is 1.89. The third kappa shape index (κ3) is 1.79. The lowest BCUT2D eigenvalue weighted by atomic mass is 10.1. The van der Waals surface area contributed by atoms with Crippen molar-refractivity contribution in [2.45, 2.75) is 24.9 Å². The first-order valence-corrected chi connectivity index (χ1v) is 4.20. The van der Waals surface area contributed by atoms with Gasteiger partial charge < -0.3 is 14.6 Å². The summed E-state index contributed by atoms with van der Waals surface area (Å²) in [7, 11) is 3.71. The summed E-state index contributed by atoms with van der Waals surface area (Å²) in [5.74, 6) is 0. The maximum Gasteiger partial charge on any atom is 0.167 e. The van der Waals surface area contributed by atoms with E-state index in [4.69, 9.17) is 9.47 Å². The van der Waals surface area contributed by atoms with Crippen molar-refractivity contribution in [3.8, 4) is 0 Å². The van der Waals surface area contributed by atoms with Crippen LogP contribution in [0.2, 0.25) is 0 Å². The van der Waals surface area contributed by atoms with Crippen molar-refractivity contribution in [2.75, 3.05) is 14.2 Å². The van der Waals surface area contributed by atoms with Crippen LogP contribution in [0.4, 0.5) is 0 Å². The summed E-state index contributed by atoms with van der Waals surface area (Å²) >= 11 is 0. The number of hydrogen-bond donors (Lipinski definition) is 1. The van der Waals surface area contributed by atoms with E-state index in [1.54, 1.807) is 13.8 Å². The zero-order chi connectivity index (χ0) is 8.41. The highest BCUT2D eigenvalue weighted by Crippen LogP contribution is 2.21. The second-order valence-electron chi connectivity index (χ2n) is 2.91. The van der Waals surface area contributed by atoms with E-state index in [1.807, 2.05) is 0 Å². The van der Waals surface area contributed by atoms with Gasteiger partial charge in [0.25, 0.3) is 0 Å². The molecule has 0 aromatic carbocycles. The molecular weight excluding hydrogens is 148 g/mol. The van der Waals surface area contributed by atoms with Crippen LogP contribution in [0, 0.1) is 0 Å². The Morgan fingerprint density at radius 1 is 1.20 bits per heavy atom. The van der Waals surface area contributed by atoms with Gasteiger partial charge in [-0.1, -0.05) is 0 Å². The van der Waals surface area contributed by atoms with Gasteiger partial charge >= 0.3 is 0 Å². The van der Waals surface area contributed by atoms with Gasteiger partial charge in [-0.3, -0.25) is 0 Å². The quantitative estimate of drug-likeness (QED) is 0.433. The highest BCUT2D eigenvalue weighted by molar-refractivity contribution is 6.14. The molecule has 0 unspecified atom stereocenters. The second-order valence-corrected chi connectivity index (χ2v) is 4.23. The molecule has 0 spiro atoms. The van der Waals surface area contributed by atoms with Crippen molar-refractivity contribution < 1.29 is 14.6 Å². The van der Waals surface area contributed by atoms with Gasteiger partial charge in [0.2, 0.25) is 0 Å². The van der Waals surface area contributed by atoms with Crippen LogP contribution >= 0.6 is 0 Å². The molecule has 0 radical (unpaired) electrons. The predicted molar refractivity (Wildman–Crippen MR) is 43.0 cm³/mol. The van der Waals surface area contributed by atoms with Crippen LogP contribution in [-0.2, 0) is 9.47 Å². The molecule has 0 bridgehead atoms. The van der Waals surface area contributed by atoms with E-state index in [1.165, 1.54) is 14.2 Å². The van der Waals surface area contributed by atoms with Gasteiger partial charge in [0.05, 0.1) is 10.2 Å². The molecule has 0 amide bonds. The lowest BCUT2D eigenvalue weighted by molar-refractivity contribution is -0.235. The molecule has 0 aliphatic rings. The van der Waals surface area contributed by atoms with Crippen LogP contribution in [0.3, 0.4) is 0 Å². The van der Waals surface area contributed by atoms with Crippen LogP contribution in [0.25, 0.3) is 0 Å². The maximum absolute atomic E-state index is 9.52. The molecule has 0 aliphatic heterocycles. The molecule has 0 heterocycles. The van der Waals surface area contributed by atoms with Gasteiger partial charge in [-0.2, -0.15) is 0 Å². The van der Waals surface area contributed by atoms with Gasteiger partial charge in [0.15, 0.2) is 5.41 Å². The fraction of sp³-hybridized carbons (Fsp3) is 1.00. The Morgan fingerprint density at radius 3 is 1.50 bits per heavy atom. The van der Waals surface area contributed by atoms with E-state index in [0.717, 1.165) is 0 Å². The van der Waals surface area contributed by atoms with Crippen LogP contribution in [-0.4, -0.2) is 40.6 Å². The standard InChI is InChI=1S/C6H16O3Si/c1-5(2,7)6(10,8-3)9-4/h7H,1-4,10H3. The molecule has 62 valence electrons. The smallest absolute Gasteiger partial charge is 0.167 e. The predicted octanol–water partition coefficient (Wildman–Crippen LogP) is -0.931. The van der Waals surface area contributed by atoms with Crippen LogP contribution in [0.1, 0.15) is 13.8 Å². The van der Waals surface area contributed by atoms with Gasteiger partial charge in [-0.05, 0) is 13.8 Å². The van der Waals surface area contributed by atoms with Crippen LogP contribution in [0.15, 0.2) is 0 Å². The molecule has 0 aromatic heterocycles. The van der Waals surface area contributed by atoms with Crippen molar-refractivity contribution in [3.05, 3.63) is 0 Å². The normalized spacial score (nSPS) is 14.1. The minimum Gasteiger partial charge on any atom is -0.385 e. The van der Waals surface area contributed by atoms with Crippen molar-refractivity contribution in [1.29, 1.82) is 0 Å². The van der Waals surface area contributed by atoms with Crippen LogP contribution < -0.4 is 0 Å². The molecule has 0 atom stereocenters. The Hall–Kier alpha value is 0.0969. The highest BCUT2D eigenvalue weighted by Gasteiger charge is 2.39. The van der Waals surface area contributed by atoms with E-state index in [9.17, 15) is 5.11 Å². The largest absolute Gasteiger partial charge is 0.385 e. The van der Waals surface area contributed by atoms with Gasteiger partial charge in [-0.25, -0.2) is 0 Å². The monoisotopic (exact) mass is 164 g/mol. The van der Waals surface area contributed by atoms with Crippen molar-refractivity contribution in [1.82, 2.24) is 0 Å². The first-order valence-electron chi connectivity index (χ1n) is 3.20. The SMILES string of the molecule is COC([SiH3])(OC)C(C)(C)O. The number of methoxy groups -OCH3 is 2. The molecule has 0 aromatic rings. The van der Waals surface area contributed by atoms with Crippen molar-refractivity contribution in [3.63, 3.8) is 0 Å². The van der Waals surface area contributed by atoms with Gasteiger partial charge in [0, 0.05) is 14.2 Å².